The minimum atomic E-state index is -1.49. The van der Waals surface area contributed by atoms with Crippen molar-refractivity contribution in [2.75, 3.05) is 11.5 Å². The van der Waals surface area contributed by atoms with Gasteiger partial charge in [-0.3, -0.25) is 14.5 Å². The van der Waals surface area contributed by atoms with E-state index in [0.717, 1.165) is 22.1 Å². The molecule has 0 bridgehead atoms. The lowest BCUT2D eigenvalue weighted by molar-refractivity contribution is -0.644. The molecule has 2 amide bonds. The predicted molar refractivity (Wildman–Crippen MR) is 140 cm³/mol. The molecule has 2 atom stereocenters. The number of nitrogens with one attached hydrogen (secondary N) is 1. The molecule has 3 N–H and O–H groups in total. The van der Waals surface area contributed by atoms with Crippen LogP contribution in [0.15, 0.2) is 47.0 Å². The molecule has 202 valence electrons. The zero-order chi connectivity index (χ0) is 27.8. The molecule has 5 heterocycles. The highest BCUT2D eigenvalue weighted by atomic mass is 32.2. The maximum Gasteiger partial charge on any atom is 0.306 e. The van der Waals surface area contributed by atoms with Crippen molar-refractivity contribution >= 4 is 63.6 Å². The molecule has 0 saturated carbocycles. The number of allylic oxidation sites excluding steroid dienone is 1. The Morgan fingerprint density at radius 2 is 2.15 bits per heavy atom. The van der Waals surface area contributed by atoms with Crippen LogP contribution in [0.1, 0.15) is 25.4 Å². The zero-order valence-electron chi connectivity index (χ0n) is 21.0. The van der Waals surface area contributed by atoms with E-state index in [1.807, 2.05) is 23.9 Å². The molecule has 0 aliphatic carbocycles. The number of carbonyl (C=O) groups excluding carboxylic acids is 3. The van der Waals surface area contributed by atoms with E-state index in [-0.39, 0.29) is 34.2 Å². The van der Waals surface area contributed by atoms with E-state index in [1.54, 1.807) is 42.8 Å². The molecule has 5 rings (SSSR count). The first-order valence-corrected chi connectivity index (χ1v) is 13.5. The number of carbonyl (C=O) groups is 3. The summed E-state index contributed by atoms with van der Waals surface area (Å²) in [6.07, 6.45) is 6.62. The Balaban J connectivity index is 1.35. The lowest BCUT2D eigenvalue weighted by atomic mass is 10.0. The van der Waals surface area contributed by atoms with Crippen molar-refractivity contribution in [3.63, 3.8) is 0 Å². The van der Waals surface area contributed by atoms with Gasteiger partial charge in [-0.25, -0.2) is 4.57 Å². The number of β-lactam (4-membered cyclic amide) rings is 1. The van der Waals surface area contributed by atoms with Crippen LogP contribution in [0.3, 0.4) is 0 Å². The number of aromatic nitrogens is 5. The molecule has 0 radical (unpaired) electrons. The summed E-state index contributed by atoms with van der Waals surface area (Å²) in [6, 6.07) is 2.69. The Kier molecular flexibility index (Phi) is 7.05. The number of aryl methyl sites for hydroxylation is 1. The van der Waals surface area contributed by atoms with Gasteiger partial charge in [-0.1, -0.05) is 16.3 Å². The number of rotatable bonds is 8. The van der Waals surface area contributed by atoms with Gasteiger partial charge in [0.15, 0.2) is 11.3 Å². The Bertz CT molecular complexity index is 1570. The summed E-state index contributed by atoms with van der Waals surface area (Å²) in [4.78, 5) is 48.5. The van der Waals surface area contributed by atoms with E-state index in [1.165, 1.54) is 11.8 Å². The van der Waals surface area contributed by atoms with Crippen molar-refractivity contribution in [3.8, 4) is 0 Å². The highest BCUT2D eigenvalue weighted by Gasteiger charge is 2.53. The molecule has 2 aliphatic heterocycles. The van der Waals surface area contributed by atoms with Crippen molar-refractivity contribution in [2.45, 2.75) is 31.4 Å². The third kappa shape index (κ3) is 5.07. The van der Waals surface area contributed by atoms with Gasteiger partial charge in [0.1, 0.15) is 29.4 Å². The monoisotopic (exact) mass is 569 g/mol. The first kappa shape index (κ1) is 26.3. The summed E-state index contributed by atoms with van der Waals surface area (Å²) >= 11 is 2.19. The van der Waals surface area contributed by atoms with Crippen LogP contribution >= 0.6 is 23.3 Å². The molecule has 39 heavy (non-hydrogen) atoms. The fraction of sp³-hybridized carbons (Fsp3) is 0.304. The predicted octanol–water partition coefficient (Wildman–Crippen LogP) is -1.16. The van der Waals surface area contributed by atoms with Crippen LogP contribution in [0.4, 0.5) is 5.13 Å². The Morgan fingerprint density at radius 3 is 2.85 bits per heavy atom. The van der Waals surface area contributed by atoms with Crippen molar-refractivity contribution in [1.29, 1.82) is 0 Å². The Labute approximate surface area is 230 Å². The molecule has 3 aromatic rings. The number of nitrogen functional groups attached to an aromatic ring is 1. The SMILES string of the molecule is CC(C)O/N=C(\C(=O)N[C@@H]1C(=O)N2C(C(=O)[O-])=C(/C=C/c3ccc4n(cc[n+]4C)n3)CS[C@H]12)c1nsc(N)n1. The van der Waals surface area contributed by atoms with Gasteiger partial charge in [-0.15, -0.1) is 16.3 Å². The number of thioether (sulfide) groups is 1. The van der Waals surface area contributed by atoms with Crippen molar-refractivity contribution in [3.05, 3.63) is 53.4 Å². The van der Waals surface area contributed by atoms with Gasteiger partial charge in [0, 0.05) is 23.4 Å². The zero-order valence-corrected chi connectivity index (χ0v) is 22.6. The summed E-state index contributed by atoms with van der Waals surface area (Å²) in [5.74, 6) is -2.62. The molecule has 14 nitrogen and oxygen atoms in total. The van der Waals surface area contributed by atoms with Crippen molar-refractivity contribution < 1.29 is 28.9 Å². The molecule has 3 aromatic heterocycles. The van der Waals surface area contributed by atoms with E-state index < -0.39 is 29.2 Å². The lowest BCUT2D eigenvalue weighted by Crippen LogP contribution is -2.71. The third-order valence-corrected chi connectivity index (χ3v) is 7.66. The number of aliphatic carboxylic acids is 1. The number of anilines is 1. The number of carboxylic acids is 1. The Hall–Kier alpha value is -4.31. The normalized spacial score (nSPS) is 19.5. The van der Waals surface area contributed by atoms with Crippen molar-refractivity contribution in [2.24, 2.45) is 12.2 Å². The Morgan fingerprint density at radius 1 is 1.36 bits per heavy atom. The summed E-state index contributed by atoms with van der Waals surface area (Å²) in [5.41, 5.74) is 7.02. The van der Waals surface area contributed by atoms with Gasteiger partial charge >= 0.3 is 5.65 Å². The highest BCUT2D eigenvalue weighted by molar-refractivity contribution is 8.00. The number of fused-ring (bicyclic) bond motifs is 2. The minimum absolute atomic E-state index is 0.0428. The van der Waals surface area contributed by atoms with Crippen LogP contribution in [0, 0.1) is 0 Å². The molecular formula is C23H23N9O5S2. The average Bonchev–Trinajstić information content (AvgIpc) is 3.50. The summed E-state index contributed by atoms with van der Waals surface area (Å²) in [5, 5.41) is 22.5. The standard InChI is InChI=1S/C23H23N9O5S2/c1-11(2)37-28-15(18-26-23(24)39-29-18)19(33)25-16-20(34)32-17(22(35)36)12(10-38-21(16)32)4-5-13-6-7-14-30(3)8-9-31(14)27-13/h4-9,11,16,21H,10H2,1-3H3,(H3-,24,25,26,29,33,35,36)/b5-4+,28-15-/t16-,21-/m1/s1. The lowest BCUT2D eigenvalue weighted by Gasteiger charge is -2.50. The second-order valence-electron chi connectivity index (χ2n) is 8.88. The van der Waals surface area contributed by atoms with Crippen LogP contribution in [0.2, 0.25) is 0 Å². The maximum absolute atomic E-state index is 13.1. The molecule has 16 heteroatoms. The first-order chi connectivity index (χ1) is 18.6. The largest absolute Gasteiger partial charge is 0.543 e. The van der Waals surface area contributed by atoms with Crippen LogP contribution in [0.5, 0.6) is 0 Å². The molecule has 1 fully saturated rings. The van der Waals surface area contributed by atoms with E-state index >= 15 is 0 Å². The summed E-state index contributed by atoms with van der Waals surface area (Å²) in [6.45, 7) is 3.45. The molecule has 2 aliphatic rings. The second kappa shape index (κ2) is 10.5. The average molecular weight is 570 g/mol. The fourth-order valence-electron chi connectivity index (χ4n) is 3.99. The quantitative estimate of drug-likeness (QED) is 0.145. The number of imidazole rings is 1. The van der Waals surface area contributed by atoms with E-state index in [0.29, 0.717) is 11.3 Å². The topological polar surface area (TPSA) is 184 Å². The van der Waals surface area contributed by atoms with Crippen molar-refractivity contribution in [1.82, 2.24) is 29.2 Å². The first-order valence-electron chi connectivity index (χ1n) is 11.7. The number of amides is 2. The third-order valence-electron chi connectivity index (χ3n) is 5.81. The van der Waals surface area contributed by atoms with E-state index in [9.17, 15) is 19.5 Å². The van der Waals surface area contributed by atoms with Gasteiger partial charge in [0.25, 0.3) is 11.8 Å². The number of oxime groups is 1. The highest BCUT2D eigenvalue weighted by Crippen LogP contribution is 2.40. The second-order valence-corrected chi connectivity index (χ2v) is 10.8. The van der Waals surface area contributed by atoms with Crippen LogP contribution in [0.25, 0.3) is 11.7 Å². The van der Waals surface area contributed by atoms with Gasteiger partial charge in [0.05, 0.1) is 18.7 Å². The molecule has 0 unspecified atom stereocenters. The number of nitrogens with zero attached hydrogens (tertiary/aromatic N) is 7. The number of hydrogen-bond donors (Lipinski definition) is 2. The van der Waals surface area contributed by atoms with Crippen LogP contribution < -0.4 is 20.7 Å². The van der Waals surface area contributed by atoms with E-state index in [2.05, 4.69) is 24.9 Å². The summed E-state index contributed by atoms with van der Waals surface area (Å²) in [7, 11) is 1.90. The number of hydrogen-bond acceptors (Lipinski definition) is 12. The van der Waals surface area contributed by atoms with Crippen LogP contribution in [-0.4, -0.2) is 70.6 Å². The van der Waals surface area contributed by atoms with E-state index in [4.69, 9.17) is 10.6 Å². The van der Waals surface area contributed by atoms with Gasteiger partial charge in [-0.05, 0) is 31.6 Å². The molecule has 0 aromatic carbocycles. The number of carboxylic acid groups (broad SMARTS) is 1. The van der Waals surface area contributed by atoms with Gasteiger partial charge < -0.3 is 25.8 Å². The molecule has 1 saturated heterocycles. The fourth-order valence-corrected chi connectivity index (χ4v) is 5.74. The maximum atomic E-state index is 13.1. The smallest absolute Gasteiger partial charge is 0.306 e. The van der Waals surface area contributed by atoms with Gasteiger partial charge in [0.2, 0.25) is 11.5 Å². The summed E-state index contributed by atoms with van der Waals surface area (Å²) < 4.78 is 7.61. The number of nitrogens with two attached hydrogens (primary N) is 1. The van der Waals surface area contributed by atoms with Crippen LogP contribution in [-0.2, 0) is 26.3 Å². The molecular weight excluding hydrogens is 546 g/mol. The molecule has 0 spiro atoms. The minimum Gasteiger partial charge on any atom is -0.543 e. The van der Waals surface area contributed by atoms with Gasteiger partial charge in [-0.2, -0.15) is 9.36 Å².